The van der Waals surface area contributed by atoms with E-state index in [4.69, 9.17) is 4.74 Å². The largest absolute Gasteiger partial charge is 0.494 e. The Morgan fingerprint density at radius 1 is 1.08 bits per heavy atom. The van der Waals surface area contributed by atoms with Gasteiger partial charge in [0, 0.05) is 0 Å². The van der Waals surface area contributed by atoms with Crippen LogP contribution in [0.5, 0.6) is 5.75 Å². The van der Waals surface area contributed by atoms with Crippen molar-refractivity contribution in [1.82, 2.24) is 4.83 Å². The van der Waals surface area contributed by atoms with Crippen molar-refractivity contribution >= 4 is 16.2 Å². The second-order valence-electron chi connectivity index (χ2n) is 5.87. The van der Waals surface area contributed by atoms with Crippen LogP contribution in [0.3, 0.4) is 0 Å². The fourth-order valence-electron chi connectivity index (χ4n) is 2.09. The standard InChI is InChI=1S/C19H24N2O3S/c1-4-5-12-24-18-9-7-17(8-10-18)14-20-21-25(22,23)19-11-6-15(2)16(3)13-19/h6-11,13-14,21H,4-5,12H2,1-3H3/b20-14+. The van der Waals surface area contributed by atoms with Crippen molar-refractivity contribution < 1.29 is 13.2 Å². The molecule has 0 radical (unpaired) electrons. The molecule has 5 nitrogen and oxygen atoms in total. The Morgan fingerprint density at radius 3 is 2.44 bits per heavy atom. The summed E-state index contributed by atoms with van der Waals surface area (Å²) in [6, 6.07) is 12.3. The van der Waals surface area contributed by atoms with E-state index in [9.17, 15) is 8.42 Å². The summed E-state index contributed by atoms with van der Waals surface area (Å²) in [6.45, 7) is 6.62. The Morgan fingerprint density at radius 2 is 1.80 bits per heavy atom. The maximum absolute atomic E-state index is 12.2. The smallest absolute Gasteiger partial charge is 0.276 e. The van der Waals surface area contributed by atoms with Crippen molar-refractivity contribution in [2.75, 3.05) is 6.61 Å². The van der Waals surface area contributed by atoms with E-state index in [-0.39, 0.29) is 4.90 Å². The lowest BCUT2D eigenvalue weighted by molar-refractivity contribution is 0.309. The van der Waals surface area contributed by atoms with Gasteiger partial charge in [-0.3, -0.25) is 0 Å². The third-order valence-corrected chi connectivity index (χ3v) is 5.04. The zero-order chi connectivity index (χ0) is 18.3. The minimum Gasteiger partial charge on any atom is -0.494 e. The summed E-state index contributed by atoms with van der Waals surface area (Å²) >= 11 is 0. The van der Waals surface area contributed by atoms with Crippen LogP contribution in [0.2, 0.25) is 0 Å². The normalized spacial score (nSPS) is 11.6. The molecule has 0 bridgehead atoms. The topological polar surface area (TPSA) is 67.8 Å². The zero-order valence-electron chi connectivity index (χ0n) is 14.8. The third kappa shape index (κ3) is 5.60. The number of hydrogen-bond donors (Lipinski definition) is 1. The van der Waals surface area contributed by atoms with Gasteiger partial charge in [0.25, 0.3) is 10.0 Å². The summed E-state index contributed by atoms with van der Waals surface area (Å²) in [5.74, 6) is 0.793. The molecule has 0 saturated carbocycles. The molecule has 0 aliphatic carbocycles. The predicted octanol–water partition coefficient (Wildman–Crippen LogP) is 3.79. The number of nitrogens with one attached hydrogen (secondary N) is 1. The molecule has 2 aromatic carbocycles. The van der Waals surface area contributed by atoms with E-state index in [0.29, 0.717) is 6.61 Å². The maximum Gasteiger partial charge on any atom is 0.276 e. The molecule has 0 spiro atoms. The second-order valence-corrected chi connectivity index (χ2v) is 7.53. The number of aryl methyl sites for hydroxylation is 2. The molecule has 0 heterocycles. The number of hydrazone groups is 1. The molecular weight excluding hydrogens is 336 g/mol. The van der Waals surface area contributed by atoms with E-state index in [1.807, 2.05) is 38.1 Å². The Hall–Kier alpha value is -2.34. The average molecular weight is 360 g/mol. The summed E-state index contributed by atoms with van der Waals surface area (Å²) in [7, 11) is -3.67. The van der Waals surface area contributed by atoms with Gasteiger partial charge < -0.3 is 4.74 Å². The van der Waals surface area contributed by atoms with Crippen molar-refractivity contribution in [1.29, 1.82) is 0 Å². The molecule has 0 aromatic heterocycles. The van der Waals surface area contributed by atoms with Gasteiger partial charge in [-0.25, -0.2) is 4.83 Å². The number of unbranched alkanes of at least 4 members (excludes halogenated alkanes) is 1. The van der Waals surface area contributed by atoms with Gasteiger partial charge in [0.15, 0.2) is 0 Å². The van der Waals surface area contributed by atoms with Crippen molar-refractivity contribution in [3.63, 3.8) is 0 Å². The van der Waals surface area contributed by atoms with Crippen molar-refractivity contribution in [3.05, 3.63) is 59.2 Å². The number of ether oxygens (including phenoxy) is 1. The fraction of sp³-hybridized carbons (Fsp3) is 0.316. The highest BCUT2D eigenvalue weighted by Gasteiger charge is 2.13. The second kappa shape index (κ2) is 8.67. The number of sulfonamides is 1. The van der Waals surface area contributed by atoms with Crippen LogP contribution < -0.4 is 9.57 Å². The summed E-state index contributed by atoms with van der Waals surface area (Å²) in [4.78, 5) is 2.44. The van der Waals surface area contributed by atoms with Crippen LogP contribution >= 0.6 is 0 Å². The van der Waals surface area contributed by atoms with E-state index in [1.165, 1.54) is 6.21 Å². The lowest BCUT2D eigenvalue weighted by atomic mass is 10.1. The summed E-state index contributed by atoms with van der Waals surface area (Å²) in [5, 5.41) is 3.84. The van der Waals surface area contributed by atoms with Gasteiger partial charge >= 0.3 is 0 Å². The Kier molecular flexibility index (Phi) is 6.58. The van der Waals surface area contributed by atoms with Gasteiger partial charge in [0.1, 0.15) is 5.75 Å². The van der Waals surface area contributed by atoms with Gasteiger partial charge in [-0.1, -0.05) is 19.4 Å². The van der Waals surface area contributed by atoms with Gasteiger partial charge in [0.05, 0.1) is 17.7 Å². The van der Waals surface area contributed by atoms with Gasteiger partial charge in [0.2, 0.25) is 0 Å². The first-order valence-electron chi connectivity index (χ1n) is 8.27. The van der Waals surface area contributed by atoms with E-state index >= 15 is 0 Å². The molecule has 2 aromatic rings. The van der Waals surface area contributed by atoms with Crippen molar-refractivity contribution in [2.24, 2.45) is 5.10 Å². The van der Waals surface area contributed by atoms with Crippen LogP contribution in [-0.2, 0) is 10.0 Å². The highest BCUT2D eigenvalue weighted by atomic mass is 32.2. The minimum absolute atomic E-state index is 0.201. The molecule has 134 valence electrons. The van der Waals surface area contributed by atoms with Crippen LogP contribution in [0.4, 0.5) is 0 Å². The quantitative estimate of drug-likeness (QED) is 0.442. The SMILES string of the molecule is CCCCOc1ccc(/C=N/NS(=O)(=O)c2ccc(C)c(C)c2)cc1. The van der Waals surface area contributed by atoms with Crippen LogP contribution in [0.1, 0.15) is 36.5 Å². The number of nitrogens with zero attached hydrogens (tertiary/aromatic N) is 1. The van der Waals surface area contributed by atoms with E-state index < -0.39 is 10.0 Å². The maximum atomic E-state index is 12.2. The van der Waals surface area contributed by atoms with Gasteiger partial charge in [-0.2, -0.15) is 13.5 Å². The molecule has 6 heteroatoms. The molecule has 0 fully saturated rings. The van der Waals surface area contributed by atoms with Crippen LogP contribution in [0.25, 0.3) is 0 Å². The molecule has 0 aliphatic rings. The highest BCUT2D eigenvalue weighted by molar-refractivity contribution is 7.89. The Bertz CT molecular complexity index is 828. The van der Waals surface area contributed by atoms with E-state index in [0.717, 1.165) is 35.3 Å². The van der Waals surface area contributed by atoms with Crippen molar-refractivity contribution in [3.8, 4) is 5.75 Å². The number of benzene rings is 2. The first-order valence-corrected chi connectivity index (χ1v) is 9.75. The molecular formula is C19H24N2O3S. The van der Waals surface area contributed by atoms with Gasteiger partial charge in [-0.05, 0) is 73.4 Å². The molecule has 0 aliphatic heterocycles. The summed E-state index contributed by atoms with van der Waals surface area (Å²) in [6.07, 6.45) is 3.57. The van der Waals surface area contributed by atoms with Crippen LogP contribution in [0, 0.1) is 13.8 Å². The molecule has 0 saturated heterocycles. The van der Waals surface area contributed by atoms with Gasteiger partial charge in [-0.15, -0.1) is 0 Å². The molecule has 2 rings (SSSR count). The molecule has 0 amide bonds. The molecule has 0 unspecified atom stereocenters. The zero-order valence-corrected chi connectivity index (χ0v) is 15.6. The molecule has 25 heavy (non-hydrogen) atoms. The Labute approximate surface area is 149 Å². The lowest BCUT2D eigenvalue weighted by Gasteiger charge is -2.06. The lowest BCUT2D eigenvalue weighted by Crippen LogP contribution is -2.18. The first kappa shape index (κ1) is 19.0. The van der Waals surface area contributed by atoms with Crippen molar-refractivity contribution in [2.45, 2.75) is 38.5 Å². The summed E-state index contributed by atoms with van der Waals surface area (Å²) < 4.78 is 30.1. The first-order chi connectivity index (χ1) is 11.9. The van der Waals surface area contributed by atoms with E-state index in [2.05, 4.69) is 16.9 Å². The average Bonchev–Trinajstić information content (AvgIpc) is 2.59. The number of hydrogen-bond acceptors (Lipinski definition) is 4. The van der Waals surface area contributed by atoms with Crippen LogP contribution in [-0.4, -0.2) is 21.2 Å². The Balaban J connectivity index is 1.98. The third-order valence-electron chi connectivity index (χ3n) is 3.82. The van der Waals surface area contributed by atoms with E-state index in [1.54, 1.807) is 18.2 Å². The molecule has 1 N–H and O–H groups in total. The predicted molar refractivity (Wildman–Crippen MR) is 101 cm³/mol. The minimum atomic E-state index is -3.67. The summed E-state index contributed by atoms with van der Waals surface area (Å²) in [5.41, 5.74) is 2.75. The highest BCUT2D eigenvalue weighted by Crippen LogP contribution is 2.15. The molecule has 0 atom stereocenters. The fourth-order valence-corrected chi connectivity index (χ4v) is 2.96. The monoisotopic (exact) mass is 360 g/mol. The van der Waals surface area contributed by atoms with Crippen LogP contribution in [0.15, 0.2) is 52.5 Å². The number of rotatable bonds is 8.